The molecule has 130 valence electrons. The van der Waals surface area contributed by atoms with Gasteiger partial charge in [0.05, 0.1) is 18.3 Å². The fraction of sp³-hybridized carbons (Fsp3) is 0.579. The SMILES string of the molecule is CC(N)CCCCCCCCCOc1cccc2occc12.Cl. The summed E-state index contributed by atoms with van der Waals surface area (Å²) in [6.07, 6.45) is 11.8. The summed E-state index contributed by atoms with van der Waals surface area (Å²) in [4.78, 5) is 0. The highest BCUT2D eigenvalue weighted by Crippen LogP contribution is 2.26. The Hall–Kier alpha value is -1.19. The van der Waals surface area contributed by atoms with Crippen molar-refractivity contribution in [2.75, 3.05) is 6.61 Å². The number of unbranched alkanes of at least 4 members (excludes halogenated alkanes) is 6. The van der Waals surface area contributed by atoms with Crippen LogP contribution in [0.3, 0.4) is 0 Å². The highest BCUT2D eigenvalue weighted by Gasteiger charge is 2.03. The second-order valence-electron chi connectivity index (χ2n) is 6.18. The molecule has 0 amide bonds. The van der Waals surface area contributed by atoms with Crippen LogP contribution in [0.15, 0.2) is 34.9 Å². The summed E-state index contributed by atoms with van der Waals surface area (Å²) in [5.41, 5.74) is 6.64. The lowest BCUT2D eigenvalue weighted by Gasteiger charge is -2.07. The van der Waals surface area contributed by atoms with Crippen molar-refractivity contribution in [3.05, 3.63) is 30.5 Å². The zero-order chi connectivity index (χ0) is 15.6. The van der Waals surface area contributed by atoms with E-state index in [0.29, 0.717) is 6.04 Å². The standard InChI is InChI=1S/C19H29NO2.ClH/c1-16(20)10-7-5-3-2-4-6-8-14-21-18-11-9-12-19-17(18)13-15-22-19;/h9,11-13,15-16H,2-8,10,14,20H2,1H3;1H. The Kier molecular flexibility index (Phi) is 9.81. The van der Waals surface area contributed by atoms with Gasteiger partial charge < -0.3 is 14.9 Å². The van der Waals surface area contributed by atoms with Gasteiger partial charge in [-0.3, -0.25) is 0 Å². The van der Waals surface area contributed by atoms with E-state index in [0.717, 1.165) is 36.2 Å². The minimum Gasteiger partial charge on any atom is -0.493 e. The topological polar surface area (TPSA) is 48.4 Å². The molecule has 1 aromatic heterocycles. The van der Waals surface area contributed by atoms with Crippen LogP contribution in [0.5, 0.6) is 5.75 Å². The maximum Gasteiger partial charge on any atom is 0.137 e. The molecule has 2 N–H and O–H groups in total. The van der Waals surface area contributed by atoms with Crippen molar-refractivity contribution in [3.8, 4) is 5.75 Å². The molecule has 0 saturated carbocycles. The Morgan fingerprint density at radius 1 is 1.00 bits per heavy atom. The van der Waals surface area contributed by atoms with Gasteiger partial charge in [0.1, 0.15) is 11.3 Å². The molecule has 2 rings (SSSR count). The monoisotopic (exact) mass is 339 g/mol. The van der Waals surface area contributed by atoms with E-state index < -0.39 is 0 Å². The highest BCUT2D eigenvalue weighted by atomic mass is 35.5. The number of hydrogen-bond acceptors (Lipinski definition) is 3. The molecule has 2 aromatic rings. The Morgan fingerprint density at radius 2 is 1.70 bits per heavy atom. The number of halogens is 1. The van der Waals surface area contributed by atoms with Crippen molar-refractivity contribution in [1.29, 1.82) is 0 Å². The minimum atomic E-state index is 0. The third-order valence-electron chi connectivity index (χ3n) is 4.02. The Labute approximate surface area is 146 Å². The summed E-state index contributed by atoms with van der Waals surface area (Å²) in [5, 5.41) is 1.07. The summed E-state index contributed by atoms with van der Waals surface area (Å²) < 4.78 is 11.3. The molecule has 0 fully saturated rings. The lowest BCUT2D eigenvalue weighted by atomic mass is 10.1. The summed E-state index contributed by atoms with van der Waals surface area (Å²) in [6.45, 7) is 2.87. The number of rotatable bonds is 11. The van der Waals surface area contributed by atoms with Crippen LogP contribution in [0, 0.1) is 0 Å². The molecular weight excluding hydrogens is 310 g/mol. The third kappa shape index (κ3) is 7.28. The van der Waals surface area contributed by atoms with E-state index in [2.05, 4.69) is 6.92 Å². The Balaban J connectivity index is 0.00000264. The molecule has 0 radical (unpaired) electrons. The van der Waals surface area contributed by atoms with Gasteiger partial charge in [0.15, 0.2) is 0 Å². The van der Waals surface area contributed by atoms with Gasteiger partial charge in [-0.25, -0.2) is 0 Å². The van der Waals surface area contributed by atoms with Crippen LogP contribution in [-0.4, -0.2) is 12.6 Å². The lowest BCUT2D eigenvalue weighted by molar-refractivity contribution is 0.307. The predicted octanol–water partition coefficient (Wildman–Crippen LogP) is 5.70. The minimum absolute atomic E-state index is 0. The van der Waals surface area contributed by atoms with Gasteiger partial charge in [-0.2, -0.15) is 0 Å². The molecule has 23 heavy (non-hydrogen) atoms. The zero-order valence-corrected chi connectivity index (χ0v) is 14.9. The van der Waals surface area contributed by atoms with E-state index in [1.807, 2.05) is 24.3 Å². The highest BCUT2D eigenvalue weighted by molar-refractivity contribution is 5.85. The first-order valence-electron chi connectivity index (χ1n) is 8.62. The van der Waals surface area contributed by atoms with E-state index in [1.165, 1.54) is 38.5 Å². The first-order chi connectivity index (χ1) is 10.8. The van der Waals surface area contributed by atoms with Crippen molar-refractivity contribution in [3.63, 3.8) is 0 Å². The van der Waals surface area contributed by atoms with E-state index in [1.54, 1.807) is 6.26 Å². The Morgan fingerprint density at radius 3 is 2.43 bits per heavy atom. The summed E-state index contributed by atoms with van der Waals surface area (Å²) in [6, 6.07) is 8.27. The number of benzene rings is 1. The maximum atomic E-state index is 5.88. The summed E-state index contributed by atoms with van der Waals surface area (Å²) in [5.74, 6) is 0.933. The summed E-state index contributed by atoms with van der Waals surface area (Å²) >= 11 is 0. The van der Waals surface area contributed by atoms with Gasteiger partial charge in [0.25, 0.3) is 0 Å². The zero-order valence-electron chi connectivity index (χ0n) is 14.1. The van der Waals surface area contributed by atoms with Gasteiger partial charge in [-0.15, -0.1) is 12.4 Å². The number of ether oxygens (including phenoxy) is 1. The molecule has 1 heterocycles. The molecule has 1 unspecified atom stereocenters. The smallest absolute Gasteiger partial charge is 0.137 e. The fourth-order valence-corrected chi connectivity index (χ4v) is 2.73. The van der Waals surface area contributed by atoms with Gasteiger partial charge >= 0.3 is 0 Å². The van der Waals surface area contributed by atoms with Crippen LogP contribution in [0.25, 0.3) is 11.0 Å². The molecule has 1 atom stereocenters. The number of furan rings is 1. The van der Waals surface area contributed by atoms with E-state index in [-0.39, 0.29) is 12.4 Å². The average molecular weight is 340 g/mol. The molecule has 4 heteroatoms. The van der Waals surface area contributed by atoms with Gasteiger partial charge in [-0.1, -0.05) is 44.6 Å². The number of hydrogen-bond donors (Lipinski definition) is 1. The second-order valence-corrected chi connectivity index (χ2v) is 6.18. The molecule has 0 aliphatic heterocycles. The van der Waals surface area contributed by atoms with Crippen LogP contribution < -0.4 is 10.5 Å². The van der Waals surface area contributed by atoms with Crippen molar-refractivity contribution in [2.24, 2.45) is 5.73 Å². The Bertz CT molecular complexity index is 539. The summed E-state index contributed by atoms with van der Waals surface area (Å²) in [7, 11) is 0. The normalized spacial score (nSPS) is 12.1. The van der Waals surface area contributed by atoms with Gasteiger partial charge in [-0.05, 0) is 38.0 Å². The largest absolute Gasteiger partial charge is 0.493 e. The predicted molar refractivity (Wildman–Crippen MR) is 99.5 cm³/mol. The van der Waals surface area contributed by atoms with E-state index >= 15 is 0 Å². The quantitative estimate of drug-likeness (QED) is 0.534. The maximum absolute atomic E-state index is 5.88. The van der Waals surface area contributed by atoms with Crippen molar-refractivity contribution in [2.45, 2.75) is 64.3 Å². The fourth-order valence-electron chi connectivity index (χ4n) is 2.73. The third-order valence-corrected chi connectivity index (χ3v) is 4.02. The molecular formula is C19H30ClNO2. The number of fused-ring (bicyclic) bond motifs is 1. The molecule has 0 aliphatic rings. The molecule has 0 aliphatic carbocycles. The number of nitrogens with two attached hydrogens (primary N) is 1. The van der Waals surface area contributed by atoms with Crippen LogP contribution >= 0.6 is 12.4 Å². The van der Waals surface area contributed by atoms with Crippen molar-refractivity contribution >= 4 is 23.4 Å². The molecule has 0 bridgehead atoms. The molecule has 0 saturated heterocycles. The van der Waals surface area contributed by atoms with E-state index in [4.69, 9.17) is 14.9 Å². The van der Waals surface area contributed by atoms with Gasteiger partial charge in [0.2, 0.25) is 0 Å². The molecule has 1 aromatic carbocycles. The lowest BCUT2D eigenvalue weighted by Crippen LogP contribution is -2.13. The molecule has 0 spiro atoms. The molecule has 3 nitrogen and oxygen atoms in total. The van der Waals surface area contributed by atoms with Crippen LogP contribution in [-0.2, 0) is 0 Å². The second kappa shape index (κ2) is 11.4. The van der Waals surface area contributed by atoms with Crippen LogP contribution in [0.2, 0.25) is 0 Å². The van der Waals surface area contributed by atoms with Crippen molar-refractivity contribution < 1.29 is 9.15 Å². The van der Waals surface area contributed by atoms with Crippen molar-refractivity contribution in [1.82, 2.24) is 0 Å². The average Bonchev–Trinajstić information content (AvgIpc) is 2.98. The first kappa shape index (κ1) is 19.9. The van der Waals surface area contributed by atoms with E-state index in [9.17, 15) is 0 Å². The van der Waals surface area contributed by atoms with Crippen LogP contribution in [0.4, 0.5) is 0 Å². The van der Waals surface area contributed by atoms with Gasteiger partial charge in [0, 0.05) is 6.04 Å². The first-order valence-corrected chi connectivity index (χ1v) is 8.62. The van der Waals surface area contributed by atoms with Crippen LogP contribution in [0.1, 0.15) is 58.3 Å².